The lowest BCUT2D eigenvalue weighted by atomic mass is 10.5. The fraction of sp³-hybridized carbons (Fsp3) is 0.571. The monoisotopic (exact) mass is 197 g/mol. The van der Waals surface area contributed by atoms with Crippen molar-refractivity contribution in [2.24, 2.45) is 0 Å². The number of carboxylic acid groups (broad SMARTS) is 1. The third-order valence-electron chi connectivity index (χ3n) is 1.22. The Morgan fingerprint density at radius 1 is 1.54 bits per heavy atom. The van der Waals surface area contributed by atoms with E-state index >= 15 is 0 Å². The number of rotatable bonds is 4. The Bertz CT molecular complexity index is 200. The van der Waals surface area contributed by atoms with Crippen LogP contribution in [0.5, 0.6) is 0 Å². The molecule has 0 aliphatic rings. The van der Waals surface area contributed by atoms with Gasteiger partial charge in [-0.05, 0) is 6.92 Å². The van der Waals surface area contributed by atoms with Gasteiger partial charge in [-0.2, -0.15) is 13.2 Å². The molecule has 0 aromatic carbocycles. The summed E-state index contributed by atoms with van der Waals surface area (Å²) in [5.41, 5.74) is 0. The highest BCUT2D eigenvalue weighted by atomic mass is 19.4. The minimum Gasteiger partial charge on any atom is -0.478 e. The highest BCUT2D eigenvalue weighted by Gasteiger charge is 2.28. The molecule has 3 nitrogen and oxygen atoms in total. The van der Waals surface area contributed by atoms with Gasteiger partial charge in [-0.3, -0.25) is 0 Å². The normalized spacial score (nSPS) is 12.0. The summed E-state index contributed by atoms with van der Waals surface area (Å²) < 4.78 is 35.4. The van der Waals surface area contributed by atoms with Crippen LogP contribution >= 0.6 is 0 Å². The molecular weight excluding hydrogens is 187 g/mol. The van der Waals surface area contributed by atoms with E-state index in [1.807, 2.05) is 0 Å². The zero-order chi connectivity index (χ0) is 10.5. The Morgan fingerprint density at radius 3 is 2.38 bits per heavy atom. The average molecular weight is 197 g/mol. The van der Waals surface area contributed by atoms with E-state index in [0.29, 0.717) is 6.08 Å². The summed E-state index contributed by atoms with van der Waals surface area (Å²) in [5, 5.41) is 8.16. The van der Waals surface area contributed by atoms with Gasteiger partial charge in [0.05, 0.1) is 0 Å². The molecular formula is C7H10F3NO2. The van der Waals surface area contributed by atoms with Gasteiger partial charge in [0, 0.05) is 18.8 Å². The predicted octanol–water partition coefficient (Wildman–Crippen LogP) is 1.47. The number of alkyl halides is 3. The molecule has 76 valence electrons. The fourth-order valence-corrected chi connectivity index (χ4v) is 0.669. The highest BCUT2D eigenvalue weighted by Crippen LogP contribution is 2.16. The minimum atomic E-state index is -4.31. The standard InChI is InChI=1S/C7H10F3NO2/c1-2-11(4-3-6(12)13)5-7(8,9)10/h3-4H,2,5H2,1H3,(H,12,13). The maximum absolute atomic E-state index is 11.8. The third kappa shape index (κ3) is 7.17. The van der Waals surface area contributed by atoms with E-state index in [1.165, 1.54) is 6.92 Å². The van der Waals surface area contributed by atoms with Crippen molar-refractivity contribution in [3.8, 4) is 0 Å². The van der Waals surface area contributed by atoms with E-state index in [2.05, 4.69) is 0 Å². The van der Waals surface area contributed by atoms with Crippen LogP contribution in [0.25, 0.3) is 0 Å². The highest BCUT2D eigenvalue weighted by molar-refractivity contribution is 5.79. The largest absolute Gasteiger partial charge is 0.478 e. The van der Waals surface area contributed by atoms with E-state index in [4.69, 9.17) is 5.11 Å². The van der Waals surface area contributed by atoms with Crippen LogP contribution in [0.4, 0.5) is 13.2 Å². The van der Waals surface area contributed by atoms with Gasteiger partial charge >= 0.3 is 12.1 Å². The van der Waals surface area contributed by atoms with Crippen LogP contribution in [0.2, 0.25) is 0 Å². The SMILES string of the molecule is CCN(C=CC(=O)O)CC(F)(F)F. The lowest BCUT2D eigenvalue weighted by molar-refractivity contribution is -0.140. The van der Waals surface area contributed by atoms with Gasteiger partial charge in [0.25, 0.3) is 0 Å². The number of aliphatic carboxylic acids is 1. The minimum absolute atomic E-state index is 0.114. The van der Waals surface area contributed by atoms with Crippen LogP contribution < -0.4 is 0 Å². The maximum atomic E-state index is 11.8. The molecule has 0 atom stereocenters. The van der Waals surface area contributed by atoms with Gasteiger partial charge in [0.15, 0.2) is 0 Å². The Kier molecular flexibility index (Phi) is 4.30. The summed E-state index contributed by atoms with van der Waals surface area (Å²) in [6, 6.07) is 0. The number of nitrogens with zero attached hydrogens (tertiary/aromatic N) is 1. The molecule has 0 amide bonds. The van der Waals surface area contributed by atoms with E-state index < -0.39 is 18.7 Å². The molecule has 0 rings (SSSR count). The van der Waals surface area contributed by atoms with Crippen molar-refractivity contribution in [3.63, 3.8) is 0 Å². The second kappa shape index (κ2) is 4.74. The average Bonchev–Trinajstić information content (AvgIpc) is 1.95. The van der Waals surface area contributed by atoms with Crippen molar-refractivity contribution >= 4 is 5.97 Å². The van der Waals surface area contributed by atoms with Crippen LogP contribution in [0.3, 0.4) is 0 Å². The van der Waals surface area contributed by atoms with Crippen molar-refractivity contribution in [1.82, 2.24) is 4.90 Å². The molecule has 1 N–H and O–H groups in total. The zero-order valence-corrected chi connectivity index (χ0v) is 7.01. The first-order valence-electron chi connectivity index (χ1n) is 3.57. The molecule has 0 aliphatic heterocycles. The van der Waals surface area contributed by atoms with Gasteiger partial charge in [-0.1, -0.05) is 0 Å². The van der Waals surface area contributed by atoms with Gasteiger partial charge < -0.3 is 10.0 Å². The van der Waals surface area contributed by atoms with Crippen LogP contribution in [0.15, 0.2) is 12.3 Å². The van der Waals surface area contributed by atoms with E-state index in [9.17, 15) is 18.0 Å². The summed E-state index contributed by atoms with van der Waals surface area (Å²) in [5.74, 6) is -1.26. The smallest absolute Gasteiger partial charge is 0.405 e. The Hall–Kier alpha value is -1.20. The van der Waals surface area contributed by atoms with Crippen molar-refractivity contribution in [1.29, 1.82) is 0 Å². The number of hydrogen-bond acceptors (Lipinski definition) is 2. The molecule has 13 heavy (non-hydrogen) atoms. The summed E-state index contributed by atoms with van der Waals surface area (Å²) in [6.07, 6.45) is -2.72. The van der Waals surface area contributed by atoms with E-state index in [1.54, 1.807) is 0 Å². The maximum Gasteiger partial charge on any atom is 0.405 e. The van der Waals surface area contributed by atoms with Crippen LogP contribution in [0.1, 0.15) is 6.92 Å². The second-order valence-corrected chi connectivity index (χ2v) is 2.33. The molecule has 6 heteroatoms. The first kappa shape index (κ1) is 11.8. The molecule has 0 saturated carbocycles. The number of hydrogen-bond donors (Lipinski definition) is 1. The summed E-state index contributed by atoms with van der Waals surface area (Å²) in [7, 11) is 0. The molecule has 0 saturated heterocycles. The molecule has 0 aromatic rings. The van der Waals surface area contributed by atoms with Gasteiger partial charge in [0.1, 0.15) is 6.54 Å². The van der Waals surface area contributed by atoms with Crippen molar-refractivity contribution in [2.75, 3.05) is 13.1 Å². The second-order valence-electron chi connectivity index (χ2n) is 2.33. The van der Waals surface area contributed by atoms with Crippen molar-refractivity contribution in [3.05, 3.63) is 12.3 Å². The Labute approximate surface area is 73.5 Å². The topological polar surface area (TPSA) is 40.5 Å². The van der Waals surface area contributed by atoms with Crippen molar-refractivity contribution in [2.45, 2.75) is 13.1 Å². The summed E-state index contributed by atoms with van der Waals surface area (Å²) in [4.78, 5) is 10.9. The molecule has 0 spiro atoms. The Morgan fingerprint density at radius 2 is 2.08 bits per heavy atom. The molecule has 0 aliphatic carbocycles. The van der Waals surface area contributed by atoms with Gasteiger partial charge in [-0.15, -0.1) is 0 Å². The first-order valence-corrected chi connectivity index (χ1v) is 3.57. The predicted molar refractivity (Wildman–Crippen MR) is 40.1 cm³/mol. The fourth-order valence-electron chi connectivity index (χ4n) is 0.669. The van der Waals surface area contributed by atoms with Crippen LogP contribution in [-0.4, -0.2) is 35.2 Å². The lowest BCUT2D eigenvalue weighted by Crippen LogP contribution is -2.30. The number of halogens is 3. The lowest BCUT2D eigenvalue weighted by Gasteiger charge is -2.19. The van der Waals surface area contributed by atoms with Gasteiger partial charge in [0.2, 0.25) is 0 Å². The quantitative estimate of drug-likeness (QED) is 0.694. The zero-order valence-electron chi connectivity index (χ0n) is 7.01. The number of carboxylic acids is 1. The Balaban J connectivity index is 4.12. The third-order valence-corrected chi connectivity index (χ3v) is 1.22. The van der Waals surface area contributed by atoms with Gasteiger partial charge in [-0.25, -0.2) is 4.79 Å². The molecule has 0 aromatic heterocycles. The summed E-state index contributed by atoms with van der Waals surface area (Å²) >= 11 is 0. The molecule has 0 unspecified atom stereocenters. The van der Waals surface area contributed by atoms with E-state index in [0.717, 1.165) is 11.1 Å². The number of carbonyl (C=O) groups is 1. The van der Waals surface area contributed by atoms with Crippen LogP contribution in [0, 0.1) is 0 Å². The molecule has 0 radical (unpaired) electrons. The molecule has 0 bridgehead atoms. The van der Waals surface area contributed by atoms with Crippen LogP contribution in [-0.2, 0) is 4.79 Å². The van der Waals surface area contributed by atoms with Crippen molar-refractivity contribution < 1.29 is 23.1 Å². The molecule has 0 heterocycles. The summed E-state index contributed by atoms with van der Waals surface area (Å²) in [6.45, 7) is 0.495. The van der Waals surface area contributed by atoms with E-state index in [-0.39, 0.29) is 6.54 Å². The molecule has 0 fully saturated rings. The first-order chi connectivity index (χ1) is 5.85.